The highest BCUT2D eigenvalue weighted by Crippen LogP contribution is 2.21. The molecule has 2 nitrogen and oxygen atoms in total. The van der Waals surface area contributed by atoms with E-state index in [-0.39, 0.29) is 0 Å². The molecule has 17 heavy (non-hydrogen) atoms. The van der Waals surface area contributed by atoms with E-state index in [9.17, 15) is 13.2 Å². The second-order valence-electron chi connectivity index (χ2n) is 3.88. The van der Waals surface area contributed by atoms with E-state index in [0.717, 1.165) is 10.0 Å². The zero-order valence-corrected chi connectivity index (χ0v) is 10.8. The number of halogens is 4. The zero-order chi connectivity index (χ0) is 13.1. The highest BCUT2D eigenvalue weighted by atomic mass is 79.9. The lowest BCUT2D eigenvalue weighted by Crippen LogP contribution is -2.39. The van der Waals surface area contributed by atoms with Gasteiger partial charge in [0.05, 0.1) is 0 Å². The van der Waals surface area contributed by atoms with Crippen LogP contribution in [-0.4, -0.2) is 35.9 Å². The molecule has 0 radical (unpaired) electrons. The van der Waals surface area contributed by atoms with Crippen molar-refractivity contribution in [1.82, 2.24) is 4.90 Å². The average Bonchev–Trinajstić information content (AvgIpc) is 2.20. The molecule has 96 valence electrons. The van der Waals surface area contributed by atoms with Crippen molar-refractivity contribution in [2.75, 3.05) is 13.6 Å². The summed E-state index contributed by atoms with van der Waals surface area (Å²) in [5.74, 6) is 0. The van der Waals surface area contributed by atoms with E-state index < -0.39 is 18.8 Å². The van der Waals surface area contributed by atoms with Crippen molar-refractivity contribution in [3.8, 4) is 0 Å². The van der Waals surface area contributed by atoms with Crippen LogP contribution in [-0.2, 0) is 6.54 Å². The average molecular weight is 312 g/mol. The molecule has 1 unspecified atom stereocenters. The number of benzene rings is 1. The molecule has 1 atom stereocenters. The summed E-state index contributed by atoms with van der Waals surface area (Å²) in [5.41, 5.74) is 0.894. The lowest BCUT2D eigenvalue weighted by Gasteiger charge is -2.22. The minimum Gasteiger partial charge on any atom is -0.382 e. The zero-order valence-electron chi connectivity index (χ0n) is 9.21. The maximum atomic E-state index is 12.1. The molecule has 0 amide bonds. The first kappa shape index (κ1) is 14.5. The third kappa shape index (κ3) is 5.06. The van der Waals surface area contributed by atoms with Crippen LogP contribution in [0.25, 0.3) is 0 Å². The Kier molecular flexibility index (Phi) is 4.97. The number of hydrogen-bond donors (Lipinski definition) is 1. The maximum Gasteiger partial charge on any atom is 0.415 e. The molecule has 1 rings (SSSR count). The quantitative estimate of drug-likeness (QED) is 0.924. The molecule has 0 aromatic heterocycles. The van der Waals surface area contributed by atoms with Crippen molar-refractivity contribution < 1.29 is 18.3 Å². The minimum atomic E-state index is -4.56. The van der Waals surface area contributed by atoms with Crippen LogP contribution in [0.1, 0.15) is 5.56 Å². The maximum absolute atomic E-state index is 12.1. The van der Waals surface area contributed by atoms with E-state index in [0.29, 0.717) is 6.54 Å². The molecule has 0 spiro atoms. The van der Waals surface area contributed by atoms with E-state index in [1.807, 2.05) is 24.3 Å². The topological polar surface area (TPSA) is 23.5 Å². The van der Waals surface area contributed by atoms with Crippen LogP contribution >= 0.6 is 15.9 Å². The van der Waals surface area contributed by atoms with Crippen molar-refractivity contribution in [1.29, 1.82) is 0 Å². The van der Waals surface area contributed by atoms with Gasteiger partial charge >= 0.3 is 6.18 Å². The van der Waals surface area contributed by atoms with E-state index in [4.69, 9.17) is 5.11 Å². The van der Waals surface area contributed by atoms with Crippen LogP contribution < -0.4 is 0 Å². The first-order valence-electron chi connectivity index (χ1n) is 4.97. The molecule has 0 saturated carbocycles. The summed E-state index contributed by atoms with van der Waals surface area (Å²) in [6.45, 7) is -0.0695. The molecule has 0 aliphatic heterocycles. The smallest absolute Gasteiger partial charge is 0.382 e. The summed E-state index contributed by atoms with van der Waals surface area (Å²) in [6, 6.07) is 7.29. The fourth-order valence-electron chi connectivity index (χ4n) is 1.36. The monoisotopic (exact) mass is 311 g/mol. The molecule has 0 heterocycles. The fourth-order valence-corrected chi connectivity index (χ4v) is 1.63. The molecule has 0 bridgehead atoms. The Morgan fingerprint density at radius 3 is 2.29 bits per heavy atom. The first-order chi connectivity index (χ1) is 7.79. The summed E-state index contributed by atoms with van der Waals surface area (Å²) in [7, 11) is 1.54. The van der Waals surface area contributed by atoms with Crippen molar-refractivity contribution in [2.24, 2.45) is 0 Å². The van der Waals surface area contributed by atoms with Crippen molar-refractivity contribution in [3.63, 3.8) is 0 Å². The normalized spacial score (nSPS) is 14.1. The van der Waals surface area contributed by atoms with Gasteiger partial charge in [0.15, 0.2) is 6.10 Å². The molecule has 1 N–H and O–H groups in total. The van der Waals surface area contributed by atoms with Crippen LogP contribution in [0.2, 0.25) is 0 Å². The Morgan fingerprint density at radius 1 is 1.29 bits per heavy atom. The molecule has 0 saturated heterocycles. The van der Waals surface area contributed by atoms with Crippen molar-refractivity contribution in [3.05, 3.63) is 34.3 Å². The molecular formula is C11H13BrF3NO. The molecule has 1 aromatic carbocycles. The molecular weight excluding hydrogens is 299 g/mol. The highest BCUT2D eigenvalue weighted by molar-refractivity contribution is 9.10. The Bertz CT molecular complexity index is 353. The predicted molar refractivity (Wildman–Crippen MR) is 62.5 cm³/mol. The van der Waals surface area contributed by atoms with Crippen LogP contribution in [0.4, 0.5) is 13.2 Å². The number of nitrogens with zero attached hydrogens (tertiary/aromatic N) is 1. The van der Waals surface area contributed by atoms with Gasteiger partial charge < -0.3 is 5.11 Å². The minimum absolute atomic E-state index is 0.362. The Morgan fingerprint density at radius 2 is 1.82 bits per heavy atom. The summed E-state index contributed by atoms with van der Waals surface area (Å²) >= 11 is 3.28. The Balaban J connectivity index is 2.50. The van der Waals surface area contributed by atoms with Crippen LogP contribution in [0.15, 0.2) is 28.7 Å². The van der Waals surface area contributed by atoms with Gasteiger partial charge in [-0.25, -0.2) is 0 Å². The molecule has 0 aliphatic carbocycles. The summed E-state index contributed by atoms with van der Waals surface area (Å²) in [6.07, 6.45) is -6.86. The van der Waals surface area contributed by atoms with Gasteiger partial charge in [0, 0.05) is 17.6 Å². The second kappa shape index (κ2) is 5.84. The van der Waals surface area contributed by atoms with Crippen LogP contribution in [0.5, 0.6) is 0 Å². The Labute approximate surface area is 106 Å². The lowest BCUT2D eigenvalue weighted by molar-refractivity contribution is -0.207. The van der Waals surface area contributed by atoms with E-state index >= 15 is 0 Å². The van der Waals surface area contributed by atoms with Crippen LogP contribution in [0, 0.1) is 0 Å². The standard InChI is InChI=1S/C11H13BrF3NO/c1-16(7-10(17)11(13,14)15)6-8-2-4-9(12)5-3-8/h2-5,10,17H,6-7H2,1H3. The Hall–Kier alpha value is -0.590. The van der Waals surface area contributed by atoms with E-state index in [2.05, 4.69) is 15.9 Å². The molecule has 0 fully saturated rings. The van der Waals surface area contributed by atoms with Crippen molar-refractivity contribution in [2.45, 2.75) is 18.8 Å². The number of likely N-dealkylation sites (N-methyl/N-ethyl adjacent to an activating group) is 1. The van der Waals surface area contributed by atoms with Crippen LogP contribution in [0.3, 0.4) is 0 Å². The predicted octanol–water partition coefficient (Wildman–Crippen LogP) is 2.80. The highest BCUT2D eigenvalue weighted by Gasteiger charge is 2.38. The van der Waals surface area contributed by atoms with Gasteiger partial charge in [-0.1, -0.05) is 28.1 Å². The van der Waals surface area contributed by atoms with Gasteiger partial charge in [-0.05, 0) is 24.7 Å². The summed E-state index contributed by atoms with van der Waals surface area (Å²) in [5, 5.41) is 8.90. The number of rotatable bonds is 4. The van der Waals surface area contributed by atoms with Gasteiger partial charge in [-0.15, -0.1) is 0 Å². The van der Waals surface area contributed by atoms with E-state index in [1.165, 1.54) is 11.9 Å². The summed E-state index contributed by atoms with van der Waals surface area (Å²) < 4.78 is 37.3. The summed E-state index contributed by atoms with van der Waals surface area (Å²) in [4.78, 5) is 1.43. The molecule has 0 aliphatic rings. The van der Waals surface area contributed by atoms with E-state index in [1.54, 1.807) is 0 Å². The number of hydrogen-bond acceptors (Lipinski definition) is 2. The van der Waals surface area contributed by atoms with Gasteiger partial charge in [0.2, 0.25) is 0 Å². The third-order valence-corrected chi connectivity index (χ3v) is 2.76. The SMILES string of the molecule is CN(Cc1ccc(Br)cc1)CC(O)C(F)(F)F. The molecule has 6 heteroatoms. The number of aliphatic hydroxyl groups is 1. The van der Waals surface area contributed by atoms with Gasteiger partial charge in [-0.3, -0.25) is 4.90 Å². The number of alkyl halides is 3. The van der Waals surface area contributed by atoms with Crippen molar-refractivity contribution >= 4 is 15.9 Å². The third-order valence-electron chi connectivity index (χ3n) is 2.23. The first-order valence-corrected chi connectivity index (χ1v) is 5.76. The lowest BCUT2D eigenvalue weighted by atomic mass is 10.2. The van der Waals surface area contributed by atoms with Gasteiger partial charge in [0.25, 0.3) is 0 Å². The largest absolute Gasteiger partial charge is 0.415 e. The fraction of sp³-hybridized carbons (Fsp3) is 0.455. The van der Waals surface area contributed by atoms with Gasteiger partial charge in [-0.2, -0.15) is 13.2 Å². The second-order valence-corrected chi connectivity index (χ2v) is 4.80. The molecule has 1 aromatic rings. The van der Waals surface area contributed by atoms with Gasteiger partial charge in [0.1, 0.15) is 0 Å². The number of aliphatic hydroxyl groups excluding tert-OH is 1.